The van der Waals surface area contributed by atoms with Gasteiger partial charge >= 0.3 is 0 Å². The van der Waals surface area contributed by atoms with Gasteiger partial charge in [0.15, 0.2) is 5.82 Å². The topological polar surface area (TPSA) is 79.5 Å². The van der Waals surface area contributed by atoms with Gasteiger partial charge in [-0.05, 0) is 6.92 Å². The fourth-order valence-corrected chi connectivity index (χ4v) is 3.07. The highest BCUT2D eigenvalue weighted by Crippen LogP contribution is 2.21. The third-order valence-electron chi connectivity index (χ3n) is 4.06. The van der Waals surface area contributed by atoms with Crippen LogP contribution in [0.15, 0.2) is 4.52 Å². The number of rotatable bonds is 6. The summed E-state index contributed by atoms with van der Waals surface area (Å²) in [6, 6.07) is 0.0945. The summed E-state index contributed by atoms with van der Waals surface area (Å²) in [4.78, 5) is 8.95. The molecule has 2 heterocycles. The molecule has 0 aliphatic carbocycles. The van der Waals surface area contributed by atoms with Gasteiger partial charge in [0.05, 0.1) is 11.8 Å². The first-order valence-electron chi connectivity index (χ1n) is 7.74. The predicted molar refractivity (Wildman–Crippen MR) is 84.5 cm³/mol. The standard InChI is InChI=1S/C14H26N4O3S/c1-11(2)13-15-14(21-16-13)12(3)18-7-5-17(6-8-18)9-10-22(4,19)20/h11-12H,5-10H2,1-4H3/t12-/m1/s1. The van der Waals surface area contributed by atoms with Gasteiger partial charge < -0.3 is 4.52 Å². The molecule has 1 aromatic rings. The monoisotopic (exact) mass is 330 g/mol. The van der Waals surface area contributed by atoms with Crippen molar-refractivity contribution in [1.82, 2.24) is 19.9 Å². The van der Waals surface area contributed by atoms with Crippen LogP contribution in [0.5, 0.6) is 0 Å². The summed E-state index contributed by atoms with van der Waals surface area (Å²) >= 11 is 0. The van der Waals surface area contributed by atoms with Crippen molar-refractivity contribution in [1.29, 1.82) is 0 Å². The molecular formula is C14H26N4O3S. The first kappa shape index (κ1) is 17.4. The molecule has 0 spiro atoms. The van der Waals surface area contributed by atoms with E-state index in [4.69, 9.17) is 4.52 Å². The molecule has 1 fully saturated rings. The molecule has 0 aromatic carbocycles. The number of sulfone groups is 1. The molecule has 7 nitrogen and oxygen atoms in total. The van der Waals surface area contributed by atoms with Gasteiger partial charge in [0.1, 0.15) is 9.84 Å². The molecule has 0 N–H and O–H groups in total. The van der Waals surface area contributed by atoms with Crippen molar-refractivity contribution in [3.05, 3.63) is 11.7 Å². The average Bonchev–Trinajstić information content (AvgIpc) is 2.94. The Hall–Kier alpha value is -0.990. The Morgan fingerprint density at radius 2 is 1.82 bits per heavy atom. The Kier molecular flexibility index (Phi) is 5.57. The SMILES string of the molecule is CC(C)c1noc([C@@H](C)N2CCN(CCS(C)(=O)=O)CC2)n1. The third kappa shape index (κ3) is 4.76. The molecule has 1 atom stereocenters. The van der Waals surface area contributed by atoms with Gasteiger partial charge in [0, 0.05) is 44.9 Å². The second kappa shape index (κ2) is 7.06. The minimum absolute atomic E-state index is 0.0945. The van der Waals surface area contributed by atoms with Crippen LogP contribution in [0.1, 0.15) is 44.4 Å². The molecule has 1 saturated heterocycles. The molecule has 126 valence electrons. The molecule has 8 heteroatoms. The zero-order valence-corrected chi connectivity index (χ0v) is 14.6. The lowest BCUT2D eigenvalue weighted by atomic mass is 10.2. The lowest BCUT2D eigenvalue weighted by Gasteiger charge is -2.36. The highest BCUT2D eigenvalue weighted by atomic mass is 32.2. The molecule has 1 aromatic heterocycles. The van der Waals surface area contributed by atoms with Gasteiger partial charge in [-0.1, -0.05) is 19.0 Å². The maximum absolute atomic E-state index is 11.2. The second-order valence-corrected chi connectivity index (χ2v) is 8.59. The van der Waals surface area contributed by atoms with Crippen LogP contribution in [0, 0.1) is 0 Å². The van der Waals surface area contributed by atoms with Crippen molar-refractivity contribution in [2.24, 2.45) is 0 Å². The fraction of sp³-hybridized carbons (Fsp3) is 0.857. The van der Waals surface area contributed by atoms with E-state index in [1.165, 1.54) is 6.26 Å². The number of nitrogens with zero attached hydrogens (tertiary/aromatic N) is 4. The summed E-state index contributed by atoms with van der Waals surface area (Å²) in [7, 11) is -2.89. The Morgan fingerprint density at radius 1 is 1.18 bits per heavy atom. The zero-order valence-electron chi connectivity index (χ0n) is 13.8. The van der Waals surface area contributed by atoms with Crippen molar-refractivity contribution in [2.45, 2.75) is 32.7 Å². The van der Waals surface area contributed by atoms with Crippen LogP contribution in [0.25, 0.3) is 0 Å². The van der Waals surface area contributed by atoms with Gasteiger partial charge in [0.2, 0.25) is 5.89 Å². The third-order valence-corrected chi connectivity index (χ3v) is 4.99. The van der Waals surface area contributed by atoms with Gasteiger partial charge in [-0.25, -0.2) is 8.42 Å². The lowest BCUT2D eigenvalue weighted by molar-refractivity contribution is 0.0917. The molecule has 1 aliphatic heterocycles. The number of aromatic nitrogens is 2. The molecule has 0 amide bonds. The van der Waals surface area contributed by atoms with Crippen molar-refractivity contribution in [3.63, 3.8) is 0 Å². The molecule has 0 unspecified atom stereocenters. The first-order chi connectivity index (χ1) is 10.3. The molecule has 22 heavy (non-hydrogen) atoms. The minimum atomic E-state index is -2.89. The Bertz CT molecular complexity index is 577. The minimum Gasteiger partial charge on any atom is -0.338 e. The summed E-state index contributed by atoms with van der Waals surface area (Å²) in [5.74, 6) is 1.89. The highest BCUT2D eigenvalue weighted by molar-refractivity contribution is 7.90. The van der Waals surface area contributed by atoms with Gasteiger partial charge in [-0.2, -0.15) is 4.98 Å². The largest absolute Gasteiger partial charge is 0.338 e. The van der Waals surface area contributed by atoms with Gasteiger partial charge in [-0.15, -0.1) is 0 Å². The quantitative estimate of drug-likeness (QED) is 0.767. The number of hydrogen-bond donors (Lipinski definition) is 0. The smallest absolute Gasteiger partial charge is 0.243 e. The van der Waals surface area contributed by atoms with Gasteiger partial charge in [0.25, 0.3) is 0 Å². The van der Waals surface area contributed by atoms with E-state index < -0.39 is 9.84 Å². The molecule has 0 bridgehead atoms. The van der Waals surface area contributed by atoms with Crippen LogP contribution in [0.4, 0.5) is 0 Å². The molecule has 0 radical (unpaired) electrons. The summed E-state index contributed by atoms with van der Waals surface area (Å²) in [5, 5.41) is 4.01. The zero-order chi connectivity index (χ0) is 16.3. The van der Waals surface area contributed by atoms with Crippen molar-refractivity contribution < 1.29 is 12.9 Å². The van der Waals surface area contributed by atoms with E-state index in [9.17, 15) is 8.42 Å². The molecular weight excluding hydrogens is 304 g/mol. The highest BCUT2D eigenvalue weighted by Gasteiger charge is 2.26. The van der Waals surface area contributed by atoms with E-state index in [1.54, 1.807) is 0 Å². The van der Waals surface area contributed by atoms with E-state index in [2.05, 4.69) is 26.9 Å². The van der Waals surface area contributed by atoms with E-state index >= 15 is 0 Å². The molecule has 0 saturated carbocycles. The lowest BCUT2D eigenvalue weighted by Crippen LogP contribution is -2.48. The van der Waals surface area contributed by atoms with Crippen molar-refractivity contribution in [3.8, 4) is 0 Å². The fourth-order valence-electron chi connectivity index (χ4n) is 2.48. The van der Waals surface area contributed by atoms with Crippen LogP contribution in [0.3, 0.4) is 0 Å². The summed E-state index contributed by atoms with van der Waals surface area (Å²) in [6.45, 7) is 10.3. The van der Waals surface area contributed by atoms with Crippen LogP contribution in [-0.2, 0) is 9.84 Å². The van der Waals surface area contributed by atoms with Gasteiger partial charge in [-0.3, -0.25) is 9.80 Å². The summed E-state index contributed by atoms with van der Waals surface area (Å²) in [6.07, 6.45) is 1.28. The molecule has 1 aliphatic rings. The van der Waals surface area contributed by atoms with Crippen LogP contribution in [0.2, 0.25) is 0 Å². The second-order valence-electron chi connectivity index (χ2n) is 6.33. The van der Waals surface area contributed by atoms with E-state index in [-0.39, 0.29) is 17.7 Å². The summed E-state index contributed by atoms with van der Waals surface area (Å²) in [5.41, 5.74) is 0. The Labute approximate surface area is 132 Å². The van der Waals surface area contributed by atoms with Crippen LogP contribution >= 0.6 is 0 Å². The van der Waals surface area contributed by atoms with Crippen molar-refractivity contribution >= 4 is 9.84 Å². The summed E-state index contributed by atoms with van der Waals surface area (Å²) < 4.78 is 27.8. The maximum Gasteiger partial charge on any atom is 0.243 e. The van der Waals surface area contributed by atoms with Crippen LogP contribution < -0.4 is 0 Å². The normalized spacial score (nSPS) is 19.7. The Morgan fingerprint density at radius 3 is 2.32 bits per heavy atom. The van der Waals surface area contributed by atoms with Crippen molar-refractivity contribution in [2.75, 3.05) is 44.7 Å². The van der Waals surface area contributed by atoms with E-state index in [0.717, 1.165) is 32.0 Å². The van der Waals surface area contributed by atoms with E-state index in [1.807, 2.05) is 13.8 Å². The van der Waals surface area contributed by atoms with Crippen LogP contribution in [-0.4, -0.2) is 73.1 Å². The predicted octanol–water partition coefficient (Wildman–Crippen LogP) is 0.916. The first-order valence-corrected chi connectivity index (χ1v) is 9.80. The number of hydrogen-bond acceptors (Lipinski definition) is 7. The number of piperazine rings is 1. The average molecular weight is 330 g/mol. The van der Waals surface area contributed by atoms with E-state index in [0.29, 0.717) is 12.4 Å². The Balaban J connectivity index is 1.85. The maximum atomic E-state index is 11.2. The molecule has 2 rings (SSSR count).